The number of hydrogen-bond donors (Lipinski definition) is 2. The van der Waals surface area contributed by atoms with E-state index in [-0.39, 0.29) is 0 Å². The number of unbranched alkanes of at least 4 members (excludes halogenated alkanes) is 15. The van der Waals surface area contributed by atoms with Crippen LogP contribution in [0, 0.1) is 16.7 Å². The van der Waals surface area contributed by atoms with E-state index in [1.165, 1.54) is 122 Å². The van der Waals surface area contributed by atoms with E-state index in [0.29, 0.717) is 16.9 Å². The zero-order valence-corrected chi connectivity index (χ0v) is 21.5. The molecule has 0 heterocycles. The van der Waals surface area contributed by atoms with Crippen molar-refractivity contribution in [2.45, 2.75) is 156 Å². The third kappa shape index (κ3) is 9.19. The van der Waals surface area contributed by atoms with Crippen LogP contribution >= 0.6 is 0 Å². The topological polar surface area (TPSA) is 52.0 Å². The van der Waals surface area contributed by atoms with Crippen molar-refractivity contribution in [1.82, 2.24) is 0 Å². The van der Waals surface area contributed by atoms with Crippen molar-refractivity contribution >= 4 is 0 Å². The predicted molar refractivity (Wildman–Crippen MR) is 136 cm³/mol. The molecular formula is C28H58N2. The minimum atomic E-state index is 0.442. The zero-order valence-electron chi connectivity index (χ0n) is 21.5. The van der Waals surface area contributed by atoms with E-state index in [2.05, 4.69) is 27.7 Å². The maximum atomic E-state index is 6.13. The summed E-state index contributed by atoms with van der Waals surface area (Å²) < 4.78 is 0. The van der Waals surface area contributed by atoms with Crippen molar-refractivity contribution in [1.29, 1.82) is 0 Å². The van der Waals surface area contributed by atoms with Gasteiger partial charge < -0.3 is 11.5 Å². The average molecular weight is 423 g/mol. The molecule has 0 aliphatic heterocycles. The Bertz CT molecular complexity index is 389. The summed E-state index contributed by atoms with van der Waals surface area (Å²) in [7, 11) is 0. The third-order valence-corrected chi connectivity index (χ3v) is 8.92. The number of rotatable bonds is 16. The second-order valence-corrected chi connectivity index (χ2v) is 11.3. The fourth-order valence-electron chi connectivity index (χ4n) is 5.96. The van der Waals surface area contributed by atoms with E-state index < -0.39 is 0 Å². The summed E-state index contributed by atoms with van der Waals surface area (Å²) >= 11 is 0. The quantitative estimate of drug-likeness (QED) is 0.245. The lowest BCUT2D eigenvalue weighted by atomic mass is 9.69. The van der Waals surface area contributed by atoms with Gasteiger partial charge in [-0.15, -0.1) is 0 Å². The Hall–Kier alpha value is -0.0800. The van der Waals surface area contributed by atoms with Gasteiger partial charge in [-0.2, -0.15) is 0 Å². The summed E-state index contributed by atoms with van der Waals surface area (Å²) in [6, 6.07) is 0.469. The van der Waals surface area contributed by atoms with E-state index in [1.807, 2.05) is 0 Å². The first-order chi connectivity index (χ1) is 14.4. The summed E-state index contributed by atoms with van der Waals surface area (Å²) in [5, 5.41) is 0. The van der Waals surface area contributed by atoms with Gasteiger partial charge in [0, 0.05) is 6.04 Å². The van der Waals surface area contributed by atoms with Crippen molar-refractivity contribution in [2.24, 2.45) is 28.2 Å². The maximum absolute atomic E-state index is 6.13. The molecule has 180 valence electrons. The Morgan fingerprint density at radius 2 is 1.07 bits per heavy atom. The van der Waals surface area contributed by atoms with Gasteiger partial charge in [0.25, 0.3) is 0 Å². The highest BCUT2D eigenvalue weighted by Crippen LogP contribution is 2.64. The molecule has 0 aromatic rings. The second-order valence-electron chi connectivity index (χ2n) is 11.3. The van der Waals surface area contributed by atoms with Gasteiger partial charge in [-0.25, -0.2) is 0 Å². The van der Waals surface area contributed by atoms with Gasteiger partial charge in [0.1, 0.15) is 0 Å². The lowest BCUT2D eigenvalue weighted by molar-refractivity contribution is 0.136. The monoisotopic (exact) mass is 422 g/mol. The lowest BCUT2D eigenvalue weighted by Crippen LogP contribution is -2.40. The van der Waals surface area contributed by atoms with Gasteiger partial charge in [0.15, 0.2) is 0 Å². The molecule has 2 heteroatoms. The van der Waals surface area contributed by atoms with Gasteiger partial charge in [-0.05, 0) is 49.0 Å². The zero-order chi connectivity index (χ0) is 22.3. The molecule has 2 aliphatic carbocycles. The summed E-state index contributed by atoms with van der Waals surface area (Å²) in [5.74, 6) is 0.905. The first-order valence-corrected chi connectivity index (χ1v) is 13.9. The summed E-state index contributed by atoms with van der Waals surface area (Å²) in [6.07, 6.45) is 26.9. The van der Waals surface area contributed by atoms with Crippen LogP contribution in [0.5, 0.6) is 0 Å². The second kappa shape index (κ2) is 15.7. The molecule has 30 heavy (non-hydrogen) atoms. The Balaban J connectivity index is 0.000000340. The largest absolute Gasteiger partial charge is 0.330 e. The van der Waals surface area contributed by atoms with Crippen LogP contribution < -0.4 is 11.5 Å². The maximum Gasteiger partial charge on any atom is 0.0101 e. The number of hydrogen-bond acceptors (Lipinski definition) is 2. The van der Waals surface area contributed by atoms with E-state index in [1.54, 1.807) is 0 Å². The average Bonchev–Trinajstić information content (AvgIpc) is 3.04. The van der Waals surface area contributed by atoms with Crippen LogP contribution in [-0.4, -0.2) is 12.6 Å². The van der Waals surface area contributed by atoms with Crippen molar-refractivity contribution in [3.8, 4) is 0 Å². The van der Waals surface area contributed by atoms with E-state index >= 15 is 0 Å². The highest BCUT2D eigenvalue weighted by Gasteiger charge is 2.59. The summed E-state index contributed by atoms with van der Waals surface area (Å²) in [6.45, 7) is 10.3. The minimum absolute atomic E-state index is 0.442. The Labute approximate surface area is 190 Å². The van der Waals surface area contributed by atoms with Gasteiger partial charge >= 0.3 is 0 Å². The van der Waals surface area contributed by atoms with Crippen LogP contribution in [0.2, 0.25) is 0 Å². The van der Waals surface area contributed by atoms with Crippen LogP contribution in [0.15, 0.2) is 0 Å². The van der Waals surface area contributed by atoms with E-state index in [4.69, 9.17) is 11.5 Å². The first-order valence-electron chi connectivity index (χ1n) is 13.9. The molecule has 2 bridgehead atoms. The van der Waals surface area contributed by atoms with Crippen LogP contribution in [0.3, 0.4) is 0 Å². The molecule has 3 atom stereocenters. The van der Waals surface area contributed by atoms with Crippen LogP contribution in [0.25, 0.3) is 0 Å². The van der Waals surface area contributed by atoms with Crippen LogP contribution in [0.4, 0.5) is 0 Å². The van der Waals surface area contributed by atoms with Crippen LogP contribution in [-0.2, 0) is 0 Å². The molecule has 2 fully saturated rings. The molecular weight excluding hydrogens is 364 g/mol. The fraction of sp³-hybridized carbons (Fsp3) is 1.00. The molecule has 2 aliphatic rings. The highest BCUT2D eigenvalue weighted by atomic mass is 14.8. The minimum Gasteiger partial charge on any atom is -0.330 e. The Morgan fingerprint density at radius 1 is 0.667 bits per heavy atom. The molecule has 4 N–H and O–H groups in total. The van der Waals surface area contributed by atoms with Crippen molar-refractivity contribution in [3.05, 3.63) is 0 Å². The van der Waals surface area contributed by atoms with Gasteiger partial charge in [0.05, 0.1) is 0 Å². The SMILES string of the molecule is CC1(C)C2CCC1(C)C(N)C2.CCCCCCCCCCCCCCCCCCN. The van der Waals surface area contributed by atoms with Gasteiger partial charge in [0.2, 0.25) is 0 Å². The van der Waals surface area contributed by atoms with Crippen molar-refractivity contribution < 1.29 is 0 Å². The molecule has 3 unspecified atom stereocenters. The Kier molecular flexibility index (Phi) is 14.6. The molecule has 2 nitrogen and oxygen atoms in total. The lowest BCUT2D eigenvalue weighted by Gasteiger charge is -2.37. The number of nitrogens with two attached hydrogens (primary N) is 2. The fourth-order valence-corrected chi connectivity index (χ4v) is 5.96. The van der Waals surface area contributed by atoms with Crippen LogP contribution in [0.1, 0.15) is 150 Å². The molecule has 2 saturated carbocycles. The van der Waals surface area contributed by atoms with Crippen molar-refractivity contribution in [2.75, 3.05) is 6.54 Å². The predicted octanol–water partition coefficient (Wildman–Crippen LogP) is 8.37. The molecule has 0 aromatic carbocycles. The van der Waals surface area contributed by atoms with E-state index in [0.717, 1.165) is 12.5 Å². The Morgan fingerprint density at radius 3 is 1.30 bits per heavy atom. The van der Waals surface area contributed by atoms with E-state index in [9.17, 15) is 0 Å². The first kappa shape index (κ1) is 28.0. The summed E-state index contributed by atoms with van der Waals surface area (Å²) in [4.78, 5) is 0. The van der Waals surface area contributed by atoms with Crippen molar-refractivity contribution in [3.63, 3.8) is 0 Å². The van der Waals surface area contributed by atoms with Gasteiger partial charge in [-0.1, -0.05) is 124 Å². The standard InChI is InChI=1S/C18H39N.C10H19N/c1-2-3-4-5-6-7-8-9-10-11-12-13-14-15-16-17-18-19;1-9(2)7-4-5-10(9,3)8(11)6-7/h2-19H2,1H3;7-8H,4-6,11H2,1-3H3. The molecule has 0 saturated heterocycles. The highest BCUT2D eigenvalue weighted by molar-refractivity contribution is 5.11. The smallest absolute Gasteiger partial charge is 0.0101 e. The van der Waals surface area contributed by atoms with Gasteiger partial charge in [-0.3, -0.25) is 0 Å². The molecule has 2 rings (SSSR count). The molecule has 0 aromatic heterocycles. The molecule has 0 spiro atoms. The number of fused-ring (bicyclic) bond motifs is 2. The normalized spacial score (nSPS) is 26.6. The summed E-state index contributed by atoms with van der Waals surface area (Å²) in [5.41, 5.74) is 12.6. The molecule has 0 amide bonds. The molecule has 0 radical (unpaired) electrons. The third-order valence-electron chi connectivity index (χ3n) is 8.92.